The van der Waals surface area contributed by atoms with Crippen LogP contribution in [0.2, 0.25) is 0 Å². The molecule has 7 nitrogen and oxygen atoms in total. The van der Waals surface area contributed by atoms with E-state index < -0.39 is 0 Å². The van der Waals surface area contributed by atoms with Gasteiger partial charge in [0.15, 0.2) is 4.96 Å². The highest BCUT2D eigenvalue weighted by Gasteiger charge is 2.13. The topological polar surface area (TPSA) is 70.1 Å². The Hall–Kier alpha value is -3.52. The lowest BCUT2D eigenvalue weighted by atomic mass is 10.1. The Kier molecular flexibility index (Phi) is 4.10. The van der Waals surface area contributed by atoms with E-state index in [0.29, 0.717) is 12.4 Å². The van der Waals surface area contributed by atoms with Crippen molar-refractivity contribution >= 4 is 16.3 Å². The predicted octanol–water partition coefficient (Wildman–Crippen LogP) is 3.83. The minimum Gasteiger partial charge on any atom is -0.486 e. The molecule has 0 aromatic carbocycles. The Morgan fingerprint density at radius 2 is 2.00 bits per heavy atom. The number of rotatable bonds is 5. The Labute approximate surface area is 164 Å². The van der Waals surface area contributed by atoms with Gasteiger partial charge in [0.25, 0.3) is 0 Å². The van der Waals surface area contributed by atoms with Crippen molar-refractivity contribution in [3.63, 3.8) is 0 Å². The van der Waals surface area contributed by atoms with Gasteiger partial charge in [0.05, 0.1) is 17.6 Å². The van der Waals surface area contributed by atoms with Crippen LogP contribution < -0.4 is 4.74 Å². The van der Waals surface area contributed by atoms with E-state index in [9.17, 15) is 0 Å². The van der Waals surface area contributed by atoms with Crippen molar-refractivity contribution in [2.75, 3.05) is 0 Å². The smallest absolute Gasteiger partial charge is 0.193 e. The van der Waals surface area contributed by atoms with Gasteiger partial charge in [-0.2, -0.15) is 5.10 Å². The second-order valence-electron chi connectivity index (χ2n) is 6.29. The molecule has 0 aliphatic carbocycles. The van der Waals surface area contributed by atoms with Crippen molar-refractivity contribution < 1.29 is 4.74 Å². The van der Waals surface area contributed by atoms with Gasteiger partial charge in [0.2, 0.25) is 0 Å². The van der Waals surface area contributed by atoms with Gasteiger partial charge in [0.1, 0.15) is 18.1 Å². The lowest BCUT2D eigenvalue weighted by Crippen LogP contribution is -1.97. The first-order chi connectivity index (χ1) is 13.8. The normalized spacial score (nSPS) is 11.2. The minimum absolute atomic E-state index is 0.404. The number of aryl methyl sites for hydroxylation is 1. The quantitative estimate of drug-likeness (QED) is 0.458. The third-order valence-electron chi connectivity index (χ3n) is 4.33. The molecule has 0 aliphatic rings. The summed E-state index contributed by atoms with van der Waals surface area (Å²) in [5.74, 6) is 0.696. The maximum Gasteiger partial charge on any atom is 0.193 e. The zero-order valence-corrected chi connectivity index (χ0v) is 15.9. The van der Waals surface area contributed by atoms with Crippen LogP contribution in [-0.2, 0) is 13.7 Å². The Morgan fingerprint density at radius 1 is 1.11 bits per heavy atom. The molecule has 5 aromatic rings. The maximum atomic E-state index is 5.83. The number of nitrogens with zero attached hydrogens (tertiary/aromatic N) is 6. The van der Waals surface area contributed by atoms with E-state index in [0.717, 1.165) is 33.2 Å². The molecule has 0 unspecified atom stereocenters. The van der Waals surface area contributed by atoms with Crippen molar-refractivity contribution in [3.05, 3.63) is 72.5 Å². The summed E-state index contributed by atoms with van der Waals surface area (Å²) in [6, 6.07) is 7.77. The fraction of sp³-hybridized carbons (Fsp3) is 0.100. The van der Waals surface area contributed by atoms with Gasteiger partial charge in [-0.25, -0.2) is 4.98 Å². The second-order valence-corrected chi connectivity index (χ2v) is 7.17. The molecule has 0 fully saturated rings. The molecule has 0 N–H and O–H groups in total. The van der Waals surface area contributed by atoms with Crippen molar-refractivity contribution in [3.8, 4) is 28.3 Å². The van der Waals surface area contributed by atoms with Crippen molar-refractivity contribution in [2.45, 2.75) is 6.61 Å². The first-order valence-electron chi connectivity index (χ1n) is 8.70. The van der Waals surface area contributed by atoms with E-state index in [1.54, 1.807) is 34.6 Å². The number of thiazole rings is 1. The molecule has 5 aromatic heterocycles. The Morgan fingerprint density at radius 3 is 2.79 bits per heavy atom. The average molecular weight is 388 g/mol. The monoisotopic (exact) mass is 388 g/mol. The molecule has 5 rings (SSSR count). The molecule has 0 aliphatic heterocycles. The number of imidazole rings is 1. The summed E-state index contributed by atoms with van der Waals surface area (Å²) in [4.78, 5) is 14.1. The number of pyridine rings is 2. The van der Waals surface area contributed by atoms with Crippen LogP contribution in [0.15, 0.2) is 66.8 Å². The number of aromatic nitrogens is 6. The van der Waals surface area contributed by atoms with Gasteiger partial charge in [-0.3, -0.25) is 19.1 Å². The summed E-state index contributed by atoms with van der Waals surface area (Å²) < 4.78 is 9.62. The number of hydrogen-bond acceptors (Lipinski definition) is 6. The van der Waals surface area contributed by atoms with Crippen LogP contribution in [0.4, 0.5) is 0 Å². The van der Waals surface area contributed by atoms with Gasteiger partial charge in [-0.1, -0.05) is 0 Å². The molecule has 0 spiro atoms. The van der Waals surface area contributed by atoms with Crippen LogP contribution in [0.3, 0.4) is 0 Å². The fourth-order valence-electron chi connectivity index (χ4n) is 3.03. The molecule has 0 bridgehead atoms. The number of ether oxygens (including phenoxy) is 1. The lowest BCUT2D eigenvalue weighted by molar-refractivity contribution is 0.301. The molecular formula is C20H16N6OS. The SMILES string of the molecule is Cn1cc(-c2ccncc2)c(-c2ccc(OCc3cn4ccsc4n3)cn2)n1. The van der Waals surface area contributed by atoms with Crippen molar-refractivity contribution in [2.24, 2.45) is 7.05 Å². The van der Waals surface area contributed by atoms with Crippen LogP contribution in [0, 0.1) is 0 Å². The Bertz CT molecular complexity index is 1190. The van der Waals surface area contributed by atoms with E-state index in [4.69, 9.17) is 4.74 Å². The van der Waals surface area contributed by atoms with Crippen molar-refractivity contribution in [1.29, 1.82) is 0 Å². The zero-order valence-electron chi connectivity index (χ0n) is 15.1. The summed E-state index contributed by atoms with van der Waals surface area (Å²) >= 11 is 1.60. The second kappa shape index (κ2) is 6.90. The predicted molar refractivity (Wildman–Crippen MR) is 107 cm³/mol. The summed E-state index contributed by atoms with van der Waals surface area (Å²) in [7, 11) is 1.90. The van der Waals surface area contributed by atoms with E-state index >= 15 is 0 Å². The van der Waals surface area contributed by atoms with Crippen molar-refractivity contribution in [1.82, 2.24) is 29.1 Å². The van der Waals surface area contributed by atoms with Gasteiger partial charge >= 0.3 is 0 Å². The molecule has 0 radical (unpaired) electrons. The van der Waals surface area contributed by atoms with E-state index in [-0.39, 0.29) is 0 Å². The highest BCUT2D eigenvalue weighted by atomic mass is 32.1. The lowest BCUT2D eigenvalue weighted by Gasteiger charge is -2.05. The van der Waals surface area contributed by atoms with E-state index in [1.807, 2.05) is 59.7 Å². The Balaban J connectivity index is 1.36. The van der Waals surface area contributed by atoms with Gasteiger partial charge in [0, 0.05) is 49.0 Å². The minimum atomic E-state index is 0.404. The molecule has 0 saturated carbocycles. The number of hydrogen-bond donors (Lipinski definition) is 0. The highest BCUT2D eigenvalue weighted by Crippen LogP contribution is 2.30. The van der Waals surface area contributed by atoms with Gasteiger partial charge in [-0.15, -0.1) is 11.3 Å². The average Bonchev–Trinajstić information content (AvgIpc) is 3.42. The maximum absolute atomic E-state index is 5.83. The fourth-order valence-corrected chi connectivity index (χ4v) is 3.75. The molecular weight excluding hydrogens is 372 g/mol. The first-order valence-corrected chi connectivity index (χ1v) is 9.58. The van der Waals surface area contributed by atoms with Crippen LogP contribution in [-0.4, -0.2) is 29.1 Å². The molecule has 8 heteroatoms. The molecule has 28 heavy (non-hydrogen) atoms. The van der Waals surface area contributed by atoms with Crippen LogP contribution >= 0.6 is 11.3 Å². The van der Waals surface area contributed by atoms with Crippen LogP contribution in [0.1, 0.15) is 5.69 Å². The third kappa shape index (κ3) is 3.14. The molecule has 0 amide bonds. The zero-order chi connectivity index (χ0) is 18.9. The largest absolute Gasteiger partial charge is 0.486 e. The molecule has 0 atom stereocenters. The van der Waals surface area contributed by atoms with Crippen LogP contribution in [0.5, 0.6) is 5.75 Å². The third-order valence-corrected chi connectivity index (χ3v) is 5.10. The standard InChI is InChI=1S/C20H16N6OS/c1-25-12-17(14-4-6-21-7-5-14)19(24-25)18-3-2-16(10-22-18)27-13-15-11-26-8-9-28-20(26)23-15/h2-12H,13H2,1H3. The summed E-state index contributed by atoms with van der Waals surface area (Å²) in [5, 5.41) is 6.59. The molecule has 5 heterocycles. The van der Waals surface area contributed by atoms with Gasteiger partial charge in [-0.05, 0) is 29.8 Å². The van der Waals surface area contributed by atoms with Gasteiger partial charge < -0.3 is 4.74 Å². The van der Waals surface area contributed by atoms with E-state index in [1.165, 1.54) is 0 Å². The van der Waals surface area contributed by atoms with Crippen LogP contribution in [0.25, 0.3) is 27.5 Å². The summed E-state index contributed by atoms with van der Waals surface area (Å²) in [5.41, 5.74) is 4.58. The molecule has 138 valence electrons. The summed E-state index contributed by atoms with van der Waals surface area (Å²) in [6.45, 7) is 0.404. The first kappa shape index (κ1) is 16.6. The van der Waals surface area contributed by atoms with E-state index in [2.05, 4.69) is 20.1 Å². The number of fused-ring (bicyclic) bond motifs is 1. The molecule has 0 saturated heterocycles. The highest BCUT2D eigenvalue weighted by molar-refractivity contribution is 7.15. The summed E-state index contributed by atoms with van der Waals surface area (Å²) in [6.07, 6.45) is 11.2.